The smallest absolute Gasteiger partial charge is 0.410 e. The molecule has 22 heavy (non-hydrogen) atoms. The van der Waals surface area contributed by atoms with Crippen molar-refractivity contribution in [2.45, 2.75) is 52.2 Å². The summed E-state index contributed by atoms with van der Waals surface area (Å²) < 4.78 is 5.46. The van der Waals surface area contributed by atoms with Crippen LogP contribution in [0.5, 0.6) is 0 Å². The van der Waals surface area contributed by atoms with E-state index in [4.69, 9.17) is 4.74 Å². The molecule has 1 aromatic rings. The maximum absolute atomic E-state index is 12.2. The molecule has 0 aromatic heterocycles. The van der Waals surface area contributed by atoms with Gasteiger partial charge in [0.2, 0.25) is 0 Å². The summed E-state index contributed by atoms with van der Waals surface area (Å²) in [6.45, 7) is 11.4. The van der Waals surface area contributed by atoms with E-state index in [1.165, 1.54) is 5.56 Å². The number of nitrogens with one attached hydrogen (secondary N) is 1. The highest BCUT2D eigenvalue weighted by molar-refractivity contribution is 5.68. The van der Waals surface area contributed by atoms with Gasteiger partial charge in [0.05, 0.1) is 6.04 Å². The normalized spacial score (nSPS) is 20.8. The van der Waals surface area contributed by atoms with Gasteiger partial charge in [-0.3, -0.25) is 0 Å². The minimum Gasteiger partial charge on any atom is -0.444 e. The Morgan fingerprint density at radius 3 is 2.32 bits per heavy atom. The molecule has 2 atom stereocenters. The van der Waals surface area contributed by atoms with E-state index in [2.05, 4.69) is 17.4 Å². The number of rotatable bonds is 2. The van der Waals surface area contributed by atoms with Crippen LogP contribution in [0.25, 0.3) is 0 Å². The molecule has 0 spiro atoms. The molecule has 0 saturated carbocycles. The van der Waals surface area contributed by atoms with Gasteiger partial charge in [0.15, 0.2) is 0 Å². The molecular formula is C18H30N2O2. The first-order valence-corrected chi connectivity index (χ1v) is 8.10. The van der Waals surface area contributed by atoms with E-state index in [9.17, 15) is 4.79 Å². The minimum absolute atomic E-state index is 0.132. The van der Waals surface area contributed by atoms with Gasteiger partial charge in [-0.2, -0.15) is 0 Å². The van der Waals surface area contributed by atoms with Crippen molar-refractivity contribution in [1.29, 1.82) is 0 Å². The predicted octanol–water partition coefficient (Wildman–Crippen LogP) is 3.64. The van der Waals surface area contributed by atoms with Crippen LogP contribution in [0.1, 0.15) is 46.1 Å². The van der Waals surface area contributed by atoms with E-state index in [0.29, 0.717) is 5.92 Å². The van der Waals surface area contributed by atoms with Crippen molar-refractivity contribution in [1.82, 2.24) is 10.2 Å². The standard InChI is InChI=1S/C16H24N2O2.C2H6/c1-16(2,3)20-15(19)18(4)14-11-17-10-13(14)12-8-6-5-7-9-12;1-2/h5-9,13-14,17H,10-11H2,1-4H3;1-2H3. The molecule has 1 aliphatic rings. The number of carbonyl (C=O) groups is 1. The van der Waals surface area contributed by atoms with Gasteiger partial charge >= 0.3 is 6.09 Å². The van der Waals surface area contributed by atoms with Crippen LogP contribution < -0.4 is 5.32 Å². The molecule has 0 bridgehead atoms. The maximum atomic E-state index is 12.2. The molecule has 1 aromatic carbocycles. The number of likely N-dealkylation sites (N-methyl/N-ethyl adjacent to an activating group) is 1. The molecule has 1 N–H and O–H groups in total. The van der Waals surface area contributed by atoms with Crippen LogP contribution in [0.2, 0.25) is 0 Å². The van der Waals surface area contributed by atoms with Gasteiger partial charge < -0.3 is 15.0 Å². The minimum atomic E-state index is -0.459. The van der Waals surface area contributed by atoms with Crippen molar-refractivity contribution < 1.29 is 9.53 Å². The molecule has 4 heteroatoms. The first-order chi connectivity index (χ1) is 10.4. The summed E-state index contributed by atoms with van der Waals surface area (Å²) in [5.41, 5.74) is 0.803. The Labute approximate surface area is 134 Å². The summed E-state index contributed by atoms with van der Waals surface area (Å²) in [5.74, 6) is 0.314. The summed E-state index contributed by atoms with van der Waals surface area (Å²) >= 11 is 0. The zero-order valence-corrected chi connectivity index (χ0v) is 14.7. The number of amides is 1. The van der Waals surface area contributed by atoms with E-state index >= 15 is 0 Å². The van der Waals surface area contributed by atoms with Crippen LogP contribution in [0.3, 0.4) is 0 Å². The zero-order chi connectivity index (χ0) is 16.8. The topological polar surface area (TPSA) is 41.6 Å². The second-order valence-corrected chi connectivity index (χ2v) is 6.33. The van der Waals surface area contributed by atoms with Gasteiger partial charge in [0, 0.05) is 26.1 Å². The van der Waals surface area contributed by atoms with Crippen LogP contribution in [-0.4, -0.2) is 42.8 Å². The number of hydrogen-bond acceptors (Lipinski definition) is 3. The molecule has 2 rings (SSSR count). The summed E-state index contributed by atoms with van der Waals surface area (Å²) in [6.07, 6.45) is -0.257. The van der Waals surface area contributed by atoms with Crippen LogP contribution in [0.4, 0.5) is 4.79 Å². The van der Waals surface area contributed by atoms with E-state index in [1.54, 1.807) is 4.90 Å². The predicted molar refractivity (Wildman–Crippen MR) is 91.2 cm³/mol. The molecule has 0 aliphatic carbocycles. The van der Waals surface area contributed by atoms with E-state index in [-0.39, 0.29) is 12.1 Å². The highest BCUT2D eigenvalue weighted by Crippen LogP contribution is 2.26. The molecular weight excluding hydrogens is 276 g/mol. The van der Waals surface area contributed by atoms with Gasteiger partial charge in [-0.15, -0.1) is 0 Å². The lowest BCUT2D eigenvalue weighted by Crippen LogP contribution is -2.43. The maximum Gasteiger partial charge on any atom is 0.410 e. The van der Waals surface area contributed by atoms with E-state index < -0.39 is 5.60 Å². The summed E-state index contributed by atoms with van der Waals surface area (Å²) in [7, 11) is 1.82. The van der Waals surface area contributed by atoms with Crippen LogP contribution >= 0.6 is 0 Å². The second kappa shape index (κ2) is 8.18. The number of hydrogen-bond donors (Lipinski definition) is 1. The largest absolute Gasteiger partial charge is 0.444 e. The third-order valence-corrected chi connectivity index (χ3v) is 3.59. The van der Waals surface area contributed by atoms with Crippen molar-refractivity contribution in [3.63, 3.8) is 0 Å². The van der Waals surface area contributed by atoms with Gasteiger partial charge in [0.1, 0.15) is 5.60 Å². The molecule has 1 amide bonds. The molecule has 1 fully saturated rings. The van der Waals surface area contributed by atoms with Gasteiger partial charge in [-0.1, -0.05) is 44.2 Å². The number of benzene rings is 1. The van der Waals surface area contributed by atoms with Gasteiger partial charge in [-0.25, -0.2) is 4.79 Å². The second-order valence-electron chi connectivity index (χ2n) is 6.33. The van der Waals surface area contributed by atoms with E-state index in [1.807, 2.05) is 59.9 Å². The first-order valence-electron chi connectivity index (χ1n) is 8.10. The van der Waals surface area contributed by atoms with Crippen molar-refractivity contribution >= 4 is 6.09 Å². The fourth-order valence-corrected chi connectivity index (χ4v) is 2.58. The molecule has 1 heterocycles. The Hall–Kier alpha value is -1.55. The van der Waals surface area contributed by atoms with Crippen molar-refractivity contribution in [2.75, 3.05) is 20.1 Å². The molecule has 1 aliphatic heterocycles. The third kappa shape index (κ3) is 5.02. The lowest BCUT2D eigenvalue weighted by molar-refractivity contribution is 0.0224. The van der Waals surface area contributed by atoms with Crippen molar-refractivity contribution in [2.24, 2.45) is 0 Å². The summed E-state index contributed by atoms with van der Waals surface area (Å²) in [6, 6.07) is 10.5. The number of carbonyl (C=O) groups excluding carboxylic acids is 1. The Bertz CT molecular complexity index is 454. The average molecular weight is 306 g/mol. The summed E-state index contributed by atoms with van der Waals surface area (Å²) in [4.78, 5) is 13.9. The van der Waals surface area contributed by atoms with Crippen LogP contribution in [0, 0.1) is 0 Å². The zero-order valence-electron chi connectivity index (χ0n) is 14.7. The number of nitrogens with zero attached hydrogens (tertiary/aromatic N) is 1. The highest BCUT2D eigenvalue weighted by atomic mass is 16.6. The quantitative estimate of drug-likeness (QED) is 0.907. The van der Waals surface area contributed by atoms with Crippen LogP contribution in [0.15, 0.2) is 30.3 Å². The van der Waals surface area contributed by atoms with Gasteiger partial charge in [0.25, 0.3) is 0 Å². The monoisotopic (exact) mass is 306 g/mol. The highest BCUT2D eigenvalue weighted by Gasteiger charge is 2.35. The van der Waals surface area contributed by atoms with Crippen molar-refractivity contribution in [3.05, 3.63) is 35.9 Å². The molecule has 1 saturated heterocycles. The molecule has 4 nitrogen and oxygen atoms in total. The Balaban J connectivity index is 0.00000116. The third-order valence-electron chi connectivity index (χ3n) is 3.59. The average Bonchev–Trinajstić information content (AvgIpc) is 2.97. The summed E-state index contributed by atoms with van der Waals surface area (Å²) in [5, 5.41) is 3.37. The fourth-order valence-electron chi connectivity index (χ4n) is 2.58. The Morgan fingerprint density at radius 1 is 1.18 bits per heavy atom. The van der Waals surface area contributed by atoms with Crippen LogP contribution in [-0.2, 0) is 4.74 Å². The SMILES string of the molecule is CC.CN(C(=O)OC(C)(C)C)C1CNCC1c1ccccc1. The fraction of sp³-hybridized carbons (Fsp3) is 0.611. The molecule has 124 valence electrons. The first kappa shape index (κ1) is 18.5. The van der Waals surface area contributed by atoms with Gasteiger partial charge in [-0.05, 0) is 26.3 Å². The molecule has 2 unspecified atom stereocenters. The lowest BCUT2D eigenvalue weighted by Gasteiger charge is -2.31. The Morgan fingerprint density at radius 2 is 1.77 bits per heavy atom. The van der Waals surface area contributed by atoms with Crippen molar-refractivity contribution in [3.8, 4) is 0 Å². The Kier molecular flexibility index (Phi) is 6.88. The number of ether oxygens (including phenoxy) is 1. The lowest BCUT2D eigenvalue weighted by atomic mass is 9.94. The molecule has 0 radical (unpaired) electrons. The van der Waals surface area contributed by atoms with E-state index in [0.717, 1.165) is 13.1 Å².